The van der Waals surface area contributed by atoms with Crippen LogP contribution in [-0.4, -0.2) is 23.7 Å². The molecule has 1 aromatic rings. The van der Waals surface area contributed by atoms with Crippen molar-refractivity contribution >= 4 is 11.4 Å². The zero-order chi connectivity index (χ0) is 15.6. The van der Waals surface area contributed by atoms with Gasteiger partial charge < -0.3 is 10.1 Å². The summed E-state index contributed by atoms with van der Waals surface area (Å²) in [6.07, 6.45) is 0.951. The molecule has 1 aliphatic carbocycles. The highest BCUT2D eigenvalue weighted by Gasteiger charge is 2.49. The van der Waals surface area contributed by atoms with E-state index in [9.17, 15) is 10.1 Å². The molecule has 0 radical (unpaired) electrons. The molecule has 1 N–H and O–H groups in total. The van der Waals surface area contributed by atoms with Crippen LogP contribution in [0.5, 0.6) is 0 Å². The molecule has 0 aromatic heterocycles. The van der Waals surface area contributed by atoms with E-state index >= 15 is 0 Å². The second kappa shape index (κ2) is 5.70. The van der Waals surface area contributed by atoms with E-state index in [1.807, 2.05) is 13.0 Å². The minimum atomic E-state index is -0.435. The molecule has 112 valence electrons. The minimum Gasteiger partial charge on any atom is -0.378 e. The van der Waals surface area contributed by atoms with Gasteiger partial charge in [0.15, 0.2) is 0 Å². The van der Waals surface area contributed by atoms with Gasteiger partial charge >= 0.3 is 0 Å². The predicted molar refractivity (Wildman–Crippen MR) is 79.0 cm³/mol. The first-order chi connectivity index (χ1) is 9.90. The van der Waals surface area contributed by atoms with Crippen LogP contribution < -0.4 is 5.32 Å². The molecule has 6 nitrogen and oxygen atoms in total. The quantitative estimate of drug-likeness (QED) is 0.664. The van der Waals surface area contributed by atoms with E-state index < -0.39 is 4.92 Å². The normalized spacial score (nSPS) is 23.0. The molecule has 6 heteroatoms. The van der Waals surface area contributed by atoms with Gasteiger partial charge in [-0.15, -0.1) is 0 Å². The van der Waals surface area contributed by atoms with Gasteiger partial charge in [0, 0.05) is 24.1 Å². The molecule has 2 atom stereocenters. The van der Waals surface area contributed by atoms with Crippen molar-refractivity contribution in [3.63, 3.8) is 0 Å². The summed E-state index contributed by atoms with van der Waals surface area (Å²) in [7, 11) is 0. The summed E-state index contributed by atoms with van der Waals surface area (Å²) in [6, 6.07) is 6.44. The number of anilines is 1. The van der Waals surface area contributed by atoms with Crippen molar-refractivity contribution in [2.75, 3.05) is 11.9 Å². The Hall–Kier alpha value is -2.13. The fourth-order valence-electron chi connectivity index (χ4n) is 2.68. The Morgan fingerprint density at radius 2 is 2.29 bits per heavy atom. The van der Waals surface area contributed by atoms with Gasteiger partial charge in [-0.25, -0.2) is 0 Å². The van der Waals surface area contributed by atoms with Crippen LogP contribution in [0.25, 0.3) is 0 Å². The Morgan fingerprint density at radius 1 is 1.57 bits per heavy atom. The molecule has 1 aliphatic rings. The smallest absolute Gasteiger partial charge is 0.292 e. The molecular weight excluding hydrogens is 270 g/mol. The Morgan fingerprint density at radius 3 is 2.81 bits per heavy atom. The predicted octanol–water partition coefficient (Wildman–Crippen LogP) is 3.08. The molecule has 0 aliphatic heterocycles. The molecule has 2 unspecified atom stereocenters. The third-order valence-corrected chi connectivity index (χ3v) is 4.20. The third kappa shape index (κ3) is 2.83. The summed E-state index contributed by atoms with van der Waals surface area (Å²) in [4.78, 5) is 10.7. The summed E-state index contributed by atoms with van der Waals surface area (Å²) in [6.45, 7) is 6.77. The number of nitro groups is 1. The van der Waals surface area contributed by atoms with Gasteiger partial charge in [0.05, 0.1) is 22.7 Å². The van der Waals surface area contributed by atoms with E-state index in [0.717, 1.165) is 6.42 Å². The number of hydrogen-bond donors (Lipinski definition) is 1. The SMILES string of the molecule is CCOC1CC(Nc2cc(C#N)ccc2[N+](=O)[O-])C1(C)C. The van der Waals surface area contributed by atoms with Crippen molar-refractivity contribution in [3.05, 3.63) is 33.9 Å². The van der Waals surface area contributed by atoms with E-state index in [-0.39, 0.29) is 23.2 Å². The van der Waals surface area contributed by atoms with E-state index in [1.165, 1.54) is 18.2 Å². The summed E-state index contributed by atoms with van der Waals surface area (Å²) in [5.74, 6) is 0. The molecule has 0 amide bonds. The van der Waals surface area contributed by atoms with E-state index in [0.29, 0.717) is 17.9 Å². The number of nitro benzene ring substituents is 1. The fourth-order valence-corrected chi connectivity index (χ4v) is 2.68. The van der Waals surface area contributed by atoms with E-state index in [1.54, 1.807) is 0 Å². The van der Waals surface area contributed by atoms with Crippen molar-refractivity contribution in [1.29, 1.82) is 5.26 Å². The second-order valence-electron chi connectivity index (χ2n) is 5.80. The summed E-state index contributed by atoms with van der Waals surface area (Å²) >= 11 is 0. The Balaban J connectivity index is 2.21. The van der Waals surface area contributed by atoms with Crippen LogP contribution in [0.4, 0.5) is 11.4 Å². The van der Waals surface area contributed by atoms with Gasteiger partial charge in [-0.3, -0.25) is 10.1 Å². The first kappa shape index (κ1) is 15.3. The summed E-state index contributed by atoms with van der Waals surface area (Å²) in [5.41, 5.74) is 0.685. The minimum absolute atomic E-state index is 0.00957. The topological polar surface area (TPSA) is 88.2 Å². The van der Waals surface area contributed by atoms with Crippen molar-refractivity contribution in [2.24, 2.45) is 5.41 Å². The molecule has 0 bridgehead atoms. The molecule has 0 spiro atoms. The van der Waals surface area contributed by atoms with Crippen LogP contribution in [0.3, 0.4) is 0 Å². The number of hydrogen-bond acceptors (Lipinski definition) is 5. The maximum Gasteiger partial charge on any atom is 0.292 e. The van der Waals surface area contributed by atoms with Crippen molar-refractivity contribution in [1.82, 2.24) is 0 Å². The summed E-state index contributed by atoms with van der Waals surface area (Å²) in [5, 5.41) is 23.2. The lowest BCUT2D eigenvalue weighted by atomic mass is 9.64. The highest BCUT2D eigenvalue weighted by molar-refractivity contribution is 5.65. The number of benzene rings is 1. The number of ether oxygens (including phenoxy) is 1. The maximum absolute atomic E-state index is 11.1. The monoisotopic (exact) mass is 289 g/mol. The summed E-state index contributed by atoms with van der Waals surface area (Å²) < 4.78 is 5.66. The van der Waals surface area contributed by atoms with Crippen LogP contribution in [0.2, 0.25) is 0 Å². The standard InChI is InChI=1S/C15H19N3O3/c1-4-21-14-8-13(15(14,2)3)17-11-7-10(9-16)5-6-12(11)18(19)20/h5-7,13-14,17H,4,8H2,1-3H3. The van der Waals surface area contributed by atoms with E-state index in [2.05, 4.69) is 19.2 Å². The lowest BCUT2D eigenvalue weighted by Crippen LogP contribution is -2.58. The molecule has 1 saturated carbocycles. The molecule has 0 heterocycles. The van der Waals surface area contributed by atoms with Crippen molar-refractivity contribution in [3.8, 4) is 6.07 Å². The largest absolute Gasteiger partial charge is 0.378 e. The van der Waals surface area contributed by atoms with Crippen LogP contribution in [0, 0.1) is 26.9 Å². The lowest BCUT2D eigenvalue weighted by molar-refractivity contribution is -0.384. The zero-order valence-corrected chi connectivity index (χ0v) is 12.4. The van der Waals surface area contributed by atoms with Crippen molar-refractivity contribution < 1.29 is 9.66 Å². The lowest BCUT2D eigenvalue weighted by Gasteiger charge is -2.51. The molecule has 1 aromatic carbocycles. The molecule has 1 fully saturated rings. The Bertz CT molecular complexity index is 592. The first-order valence-electron chi connectivity index (χ1n) is 6.96. The van der Waals surface area contributed by atoms with Gasteiger partial charge in [0.2, 0.25) is 0 Å². The average Bonchev–Trinajstić information content (AvgIpc) is 2.45. The van der Waals surface area contributed by atoms with E-state index in [4.69, 9.17) is 10.00 Å². The molecule has 2 rings (SSSR count). The number of nitrogens with zero attached hydrogens (tertiary/aromatic N) is 2. The van der Waals surface area contributed by atoms with Gasteiger partial charge in [-0.1, -0.05) is 13.8 Å². The van der Waals surface area contributed by atoms with Crippen LogP contribution >= 0.6 is 0 Å². The fraction of sp³-hybridized carbons (Fsp3) is 0.533. The number of nitriles is 1. The highest BCUT2D eigenvalue weighted by atomic mass is 16.6. The average molecular weight is 289 g/mol. The van der Waals surface area contributed by atoms with Crippen LogP contribution in [-0.2, 0) is 4.74 Å². The van der Waals surface area contributed by atoms with Crippen molar-refractivity contribution in [2.45, 2.75) is 39.3 Å². The van der Waals surface area contributed by atoms with Gasteiger partial charge in [0.25, 0.3) is 5.69 Å². The maximum atomic E-state index is 11.1. The van der Waals surface area contributed by atoms with Gasteiger partial charge in [0.1, 0.15) is 5.69 Å². The highest BCUT2D eigenvalue weighted by Crippen LogP contribution is 2.45. The van der Waals surface area contributed by atoms with Crippen LogP contribution in [0.1, 0.15) is 32.8 Å². The zero-order valence-electron chi connectivity index (χ0n) is 12.4. The second-order valence-corrected chi connectivity index (χ2v) is 5.80. The first-order valence-corrected chi connectivity index (χ1v) is 6.96. The third-order valence-electron chi connectivity index (χ3n) is 4.20. The Kier molecular flexibility index (Phi) is 4.14. The van der Waals surface area contributed by atoms with Crippen LogP contribution in [0.15, 0.2) is 18.2 Å². The number of nitrogens with one attached hydrogen (secondary N) is 1. The molecule has 21 heavy (non-hydrogen) atoms. The number of rotatable bonds is 5. The molecular formula is C15H19N3O3. The van der Waals surface area contributed by atoms with Gasteiger partial charge in [-0.2, -0.15) is 5.26 Å². The van der Waals surface area contributed by atoms with Gasteiger partial charge in [-0.05, 0) is 25.5 Å². The molecule has 0 saturated heterocycles. The Labute approximate surface area is 123 Å².